The topological polar surface area (TPSA) is 85.1 Å². The van der Waals surface area contributed by atoms with Crippen molar-refractivity contribution >= 4 is 23.2 Å². The van der Waals surface area contributed by atoms with Crippen LogP contribution in [0, 0.1) is 24.0 Å². The molecular weight excluding hydrogens is 392 g/mol. The fourth-order valence-corrected chi connectivity index (χ4v) is 5.85. The van der Waals surface area contributed by atoms with E-state index in [0.29, 0.717) is 5.69 Å². The van der Waals surface area contributed by atoms with Gasteiger partial charge in [-0.25, -0.2) is 10.1 Å². The third kappa shape index (κ3) is 2.38. The third-order valence-corrected chi connectivity index (χ3v) is 7.07. The van der Waals surface area contributed by atoms with Crippen molar-refractivity contribution in [2.75, 3.05) is 4.90 Å². The van der Waals surface area contributed by atoms with E-state index in [2.05, 4.69) is 30.3 Å². The first-order valence-electron chi connectivity index (χ1n) is 10.4. The van der Waals surface area contributed by atoms with Gasteiger partial charge in [-0.1, -0.05) is 48.0 Å². The zero-order chi connectivity index (χ0) is 21.4. The van der Waals surface area contributed by atoms with Crippen molar-refractivity contribution < 1.29 is 20.0 Å². The summed E-state index contributed by atoms with van der Waals surface area (Å²) in [5.41, 5.74) is 6.24. The summed E-state index contributed by atoms with van der Waals surface area (Å²) in [6.45, 7) is 2.05. The molecule has 3 aliphatic carbocycles. The summed E-state index contributed by atoms with van der Waals surface area (Å²) in [5, 5.41) is 19.3. The minimum absolute atomic E-state index is 0.121. The summed E-state index contributed by atoms with van der Waals surface area (Å²) in [5.74, 6) is -1.59. The van der Waals surface area contributed by atoms with Crippen LogP contribution in [0.5, 0.6) is 0 Å². The number of rotatable bonds is 2. The summed E-state index contributed by atoms with van der Waals surface area (Å²) in [4.78, 5) is 28.6. The molecule has 2 bridgehead atoms. The molecule has 1 aliphatic heterocycles. The Labute approximate surface area is 178 Å². The molecule has 0 aromatic heterocycles. The Hall–Kier alpha value is -3.32. The number of carbonyl (C=O) groups excluding carboxylic acids is 2. The smallest absolute Gasteiger partial charge is 0.238 e. The third-order valence-electron chi connectivity index (χ3n) is 7.07. The first-order chi connectivity index (χ1) is 15.0. The summed E-state index contributed by atoms with van der Waals surface area (Å²) < 4.78 is 0. The quantitative estimate of drug-likeness (QED) is 0.501. The molecule has 0 saturated carbocycles. The molecule has 7 rings (SSSR count). The van der Waals surface area contributed by atoms with Crippen molar-refractivity contribution in [2.24, 2.45) is 11.8 Å². The molecule has 5 atom stereocenters. The maximum absolute atomic E-state index is 13.7. The van der Waals surface area contributed by atoms with Crippen LogP contribution < -0.4 is 10.1 Å². The van der Waals surface area contributed by atoms with Crippen LogP contribution in [0.25, 0.3) is 0 Å². The number of amides is 2. The molecule has 4 aliphatic rings. The number of hydrogen-bond acceptors (Lipinski definition) is 4. The first kappa shape index (κ1) is 18.4. The lowest BCUT2D eigenvalue weighted by Crippen LogP contribution is -2.99. The van der Waals surface area contributed by atoms with Crippen molar-refractivity contribution in [1.82, 2.24) is 0 Å². The van der Waals surface area contributed by atoms with E-state index in [1.807, 2.05) is 19.1 Å². The largest absolute Gasteiger partial charge is 0.595 e. The fourth-order valence-electron chi connectivity index (χ4n) is 5.85. The molecule has 2 N–H and O–H groups in total. The predicted octanol–water partition coefficient (Wildman–Crippen LogP) is 2.80. The summed E-state index contributed by atoms with van der Waals surface area (Å²) >= 11 is 0. The Morgan fingerprint density at radius 3 is 1.94 bits per heavy atom. The van der Waals surface area contributed by atoms with Crippen molar-refractivity contribution in [1.29, 1.82) is 0 Å². The van der Waals surface area contributed by atoms with Gasteiger partial charge in [0, 0.05) is 24.0 Å². The van der Waals surface area contributed by atoms with Crippen LogP contribution >= 0.6 is 0 Å². The lowest BCUT2D eigenvalue weighted by atomic mass is 9.55. The number of nitrogens with zero attached hydrogens (tertiary/aromatic N) is 1. The first-order valence-corrected chi connectivity index (χ1v) is 10.4. The van der Waals surface area contributed by atoms with Gasteiger partial charge in [0.25, 0.3) is 0 Å². The number of quaternary nitrogens is 1. The molecule has 2 amide bonds. The molecule has 3 aromatic carbocycles. The van der Waals surface area contributed by atoms with Crippen LogP contribution in [0.1, 0.15) is 39.7 Å². The number of nitrogens with one attached hydrogen (secondary N) is 1. The molecule has 1 saturated heterocycles. The van der Waals surface area contributed by atoms with Gasteiger partial charge in [0.05, 0.1) is 17.5 Å². The van der Waals surface area contributed by atoms with Crippen LogP contribution in [-0.4, -0.2) is 17.0 Å². The number of aryl methyl sites for hydroxylation is 1. The van der Waals surface area contributed by atoms with Gasteiger partial charge in [-0.2, -0.15) is 5.23 Å². The Kier molecular flexibility index (Phi) is 3.77. The Morgan fingerprint density at radius 2 is 1.35 bits per heavy atom. The lowest BCUT2D eigenvalue weighted by molar-refractivity contribution is -0.991. The van der Waals surface area contributed by atoms with Gasteiger partial charge < -0.3 is 5.21 Å². The van der Waals surface area contributed by atoms with E-state index < -0.39 is 17.1 Å². The molecule has 0 spiro atoms. The predicted molar refractivity (Wildman–Crippen MR) is 113 cm³/mol. The van der Waals surface area contributed by atoms with E-state index in [4.69, 9.17) is 5.21 Å². The summed E-state index contributed by atoms with van der Waals surface area (Å²) in [6, 6.07) is 20.4. The second-order valence-electron chi connectivity index (χ2n) is 8.63. The summed E-state index contributed by atoms with van der Waals surface area (Å²) in [7, 11) is 0. The molecule has 0 radical (unpaired) electrons. The van der Waals surface area contributed by atoms with Crippen LogP contribution in [-0.2, 0) is 9.59 Å². The molecule has 154 valence electrons. The van der Waals surface area contributed by atoms with Gasteiger partial charge in [0.2, 0.25) is 11.8 Å². The van der Waals surface area contributed by atoms with Crippen molar-refractivity contribution in [3.63, 3.8) is 0 Å². The second-order valence-corrected chi connectivity index (χ2v) is 8.63. The van der Waals surface area contributed by atoms with Crippen LogP contribution in [0.15, 0.2) is 66.7 Å². The standard InChI is InChI=1S/C25H20N2O4/c1-13-6-11-18-19(12-13)21-17-5-3-2-4-16(17)20(18)22-23(21)25(29)26(24(22)28)14-7-9-15(10-8-14)27(30)31/h2-12,20-23,27,30H,1H3/t20-,21-,22+,23-/m1/s1. The van der Waals surface area contributed by atoms with Crippen LogP contribution in [0.4, 0.5) is 11.4 Å². The second kappa shape index (κ2) is 6.34. The molecule has 31 heavy (non-hydrogen) atoms. The normalized spacial score (nSPS) is 26.5. The maximum atomic E-state index is 13.7. The van der Waals surface area contributed by atoms with Gasteiger partial charge in [-0.3, -0.25) is 9.59 Å². The maximum Gasteiger partial charge on any atom is 0.238 e. The highest BCUT2D eigenvalue weighted by atomic mass is 16.8. The van der Waals surface area contributed by atoms with E-state index in [-0.39, 0.29) is 29.3 Å². The summed E-state index contributed by atoms with van der Waals surface area (Å²) in [6.07, 6.45) is 0. The number of hydrogen-bond donors (Lipinski definition) is 2. The van der Waals surface area contributed by atoms with Crippen molar-refractivity contribution in [3.05, 3.63) is 99.8 Å². The Balaban J connectivity index is 1.51. The molecule has 6 nitrogen and oxygen atoms in total. The van der Waals surface area contributed by atoms with Crippen LogP contribution in [0.3, 0.4) is 0 Å². The number of imide groups is 1. The zero-order valence-electron chi connectivity index (χ0n) is 16.8. The molecule has 1 fully saturated rings. The fraction of sp³-hybridized carbons (Fsp3) is 0.200. The molecule has 6 heteroatoms. The number of benzene rings is 3. The molecule has 3 aromatic rings. The zero-order valence-corrected chi connectivity index (χ0v) is 16.8. The van der Waals surface area contributed by atoms with Gasteiger partial charge in [0.1, 0.15) is 0 Å². The van der Waals surface area contributed by atoms with Gasteiger partial charge in [-0.15, -0.1) is 0 Å². The number of carbonyl (C=O) groups is 2. The van der Waals surface area contributed by atoms with E-state index in [0.717, 1.165) is 27.8 Å². The van der Waals surface area contributed by atoms with Crippen LogP contribution in [0.2, 0.25) is 0 Å². The molecule has 1 unspecified atom stereocenters. The average Bonchev–Trinajstić information content (AvgIpc) is 3.04. The van der Waals surface area contributed by atoms with Gasteiger partial charge in [-0.05, 0) is 41.3 Å². The Bertz CT molecular complexity index is 1250. The van der Waals surface area contributed by atoms with E-state index in [1.54, 1.807) is 12.1 Å². The molecule has 1 heterocycles. The van der Waals surface area contributed by atoms with Gasteiger partial charge in [0.15, 0.2) is 5.69 Å². The highest BCUT2D eigenvalue weighted by Gasteiger charge is 2.61. The molecular formula is C25H20N2O4. The minimum Gasteiger partial charge on any atom is -0.595 e. The SMILES string of the molecule is Cc1ccc2c(c1)[C@H]1c3ccccc3[C@H]2[C@@H]2C(=O)N(c3ccc([NH+]([O-])O)cc3)C(=O)[C@H]12. The van der Waals surface area contributed by atoms with Crippen molar-refractivity contribution in [3.8, 4) is 0 Å². The monoisotopic (exact) mass is 412 g/mol. The minimum atomic E-state index is -1.04. The number of anilines is 1. The highest BCUT2D eigenvalue weighted by Crippen LogP contribution is 2.61. The lowest BCUT2D eigenvalue weighted by Gasteiger charge is -2.46. The van der Waals surface area contributed by atoms with Gasteiger partial charge >= 0.3 is 0 Å². The van der Waals surface area contributed by atoms with E-state index in [9.17, 15) is 14.8 Å². The van der Waals surface area contributed by atoms with E-state index >= 15 is 0 Å². The average molecular weight is 412 g/mol. The van der Waals surface area contributed by atoms with Crippen molar-refractivity contribution in [2.45, 2.75) is 18.8 Å². The van der Waals surface area contributed by atoms with E-state index in [1.165, 1.54) is 17.0 Å². The highest BCUT2D eigenvalue weighted by molar-refractivity contribution is 6.23. The Morgan fingerprint density at radius 1 is 0.806 bits per heavy atom.